The standard InChI is InChI=1S/C12H9BrFN3O3/c1-16-10(4-5-11(16)17(19)20)12(18)15-9-3-2-7(13)6-8(9)14/h2-6H,1H3,(H,15,18). The number of carbonyl (C=O) groups is 1. The van der Waals surface area contributed by atoms with Gasteiger partial charge in [0.1, 0.15) is 5.82 Å². The van der Waals surface area contributed by atoms with Crippen LogP contribution in [0.3, 0.4) is 0 Å². The minimum Gasteiger partial charge on any atom is -0.358 e. The van der Waals surface area contributed by atoms with Gasteiger partial charge in [0.2, 0.25) is 0 Å². The van der Waals surface area contributed by atoms with Crippen LogP contribution in [-0.4, -0.2) is 15.4 Å². The van der Waals surface area contributed by atoms with Gasteiger partial charge < -0.3 is 15.4 Å². The fourth-order valence-electron chi connectivity index (χ4n) is 1.69. The molecule has 20 heavy (non-hydrogen) atoms. The molecule has 2 rings (SSSR count). The number of anilines is 1. The highest BCUT2D eigenvalue weighted by Gasteiger charge is 2.21. The van der Waals surface area contributed by atoms with E-state index in [0.717, 1.165) is 4.57 Å². The first-order chi connectivity index (χ1) is 9.40. The number of amides is 1. The predicted molar refractivity (Wildman–Crippen MR) is 74.1 cm³/mol. The molecule has 0 atom stereocenters. The minimum atomic E-state index is -0.623. The summed E-state index contributed by atoms with van der Waals surface area (Å²) in [7, 11) is 1.39. The van der Waals surface area contributed by atoms with Crippen LogP contribution in [0.2, 0.25) is 0 Å². The van der Waals surface area contributed by atoms with E-state index in [4.69, 9.17) is 0 Å². The second-order valence-electron chi connectivity index (χ2n) is 3.97. The maximum atomic E-state index is 13.6. The lowest BCUT2D eigenvalue weighted by Crippen LogP contribution is -2.17. The molecule has 0 bridgehead atoms. The van der Waals surface area contributed by atoms with Crippen molar-refractivity contribution in [3.8, 4) is 0 Å². The zero-order chi connectivity index (χ0) is 14.9. The predicted octanol–water partition coefficient (Wildman–Crippen LogP) is 3.09. The number of rotatable bonds is 3. The van der Waals surface area contributed by atoms with Crippen LogP contribution < -0.4 is 5.32 Å². The third kappa shape index (κ3) is 2.69. The Morgan fingerprint density at radius 3 is 2.65 bits per heavy atom. The summed E-state index contributed by atoms with van der Waals surface area (Å²) >= 11 is 3.11. The molecule has 1 amide bonds. The minimum absolute atomic E-state index is 0.00190. The normalized spacial score (nSPS) is 10.3. The van der Waals surface area contributed by atoms with E-state index in [9.17, 15) is 19.3 Å². The van der Waals surface area contributed by atoms with Crippen molar-refractivity contribution in [2.75, 3.05) is 5.32 Å². The van der Waals surface area contributed by atoms with E-state index in [2.05, 4.69) is 21.2 Å². The fraction of sp³-hybridized carbons (Fsp3) is 0.0833. The molecule has 0 unspecified atom stereocenters. The van der Waals surface area contributed by atoms with Crippen molar-refractivity contribution in [2.45, 2.75) is 0 Å². The first kappa shape index (κ1) is 14.2. The summed E-state index contributed by atoms with van der Waals surface area (Å²) in [5, 5.41) is 13.1. The monoisotopic (exact) mass is 341 g/mol. The highest BCUT2D eigenvalue weighted by molar-refractivity contribution is 9.10. The highest BCUT2D eigenvalue weighted by atomic mass is 79.9. The summed E-state index contributed by atoms with van der Waals surface area (Å²) in [6, 6.07) is 6.71. The number of nitrogens with zero attached hydrogens (tertiary/aromatic N) is 2. The first-order valence-electron chi connectivity index (χ1n) is 5.46. The summed E-state index contributed by atoms with van der Waals surface area (Å²) in [6.45, 7) is 0. The molecule has 0 radical (unpaired) electrons. The van der Waals surface area contributed by atoms with Crippen molar-refractivity contribution in [1.29, 1.82) is 0 Å². The molecular formula is C12H9BrFN3O3. The number of aromatic nitrogens is 1. The van der Waals surface area contributed by atoms with Gasteiger partial charge in [-0.05, 0) is 29.2 Å². The Morgan fingerprint density at radius 2 is 2.10 bits per heavy atom. The zero-order valence-corrected chi connectivity index (χ0v) is 11.8. The van der Waals surface area contributed by atoms with Gasteiger partial charge >= 0.3 is 5.82 Å². The van der Waals surface area contributed by atoms with Gasteiger partial charge in [0.15, 0.2) is 5.69 Å². The van der Waals surface area contributed by atoms with E-state index < -0.39 is 16.6 Å². The van der Waals surface area contributed by atoms with E-state index in [0.29, 0.717) is 4.47 Å². The van der Waals surface area contributed by atoms with Gasteiger partial charge in [-0.3, -0.25) is 4.79 Å². The largest absolute Gasteiger partial charge is 0.358 e. The average Bonchev–Trinajstić information content (AvgIpc) is 2.74. The fourth-order valence-corrected chi connectivity index (χ4v) is 2.02. The Kier molecular flexibility index (Phi) is 3.84. The van der Waals surface area contributed by atoms with E-state index >= 15 is 0 Å². The Bertz CT molecular complexity index is 699. The molecule has 6 nitrogen and oxygen atoms in total. The number of hydrogen-bond acceptors (Lipinski definition) is 3. The summed E-state index contributed by atoms with van der Waals surface area (Å²) in [4.78, 5) is 22.1. The molecule has 0 fully saturated rings. The number of nitro groups is 1. The molecule has 1 N–H and O–H groups in total. The van der Waals surface area contributed by atoms with Crippen molar-refractivity contribution < 1.29 is 14.1 Å². The van der Waals surface area contributed by atoms with Gasteiger partial charge in [0, 0.05) is 10.5 Å². The van der Waals surface area contributed by atoms with Crippen LogP contribution >= 0.6 is 15.9 Å². The summed E-state index contributed by atoms with van der Waals surface area (Å²) < 4.78 is 15.3. The van der Waals surface area contributed by atoms with Crippen LogP contribution in [0.1, 0.15) is 10.5 Å². The molecule has 0 aliphatic carbocycles. The maximum absolute atomic E-state index is 13.6. The molecule has 0 aliphatic heterocycles. The number of carbonyl (C=O) groups excluding carboxylic acids is 1. The smallest absolute Gasteiger partial charge is 0.323 e. The second kappa shape index (κ2) is 5.41. The van der Waals surface area contributed by atoms with Gasteiger partial charge in [0.05, 0.1) is 12.7 Å². The summed E-state index contributed by atoms with van der Waals surface area (Å²) in [5.41, 5.74) is 0.0704. The van der Waals surface area contributed by atoms with Crippen LogP contribution in [0.15, 0.2) is 34.8 Å². The highest BCUT2D eigenvalue weighted by Crippen LogP contribution is 2.21. The first-order valence-corrected chi connectivity index (χ1v) is 6.26. The number of nitrogens with one attached hydrogen (secondary N) is 1. The van der Waals surface area contributed by atoms with Crippen molar-refractivity contribution in [3.63, 3.8) is 0 Å². The zero-order valence-electron chi connectivity index (χ0n) is 10.3. The molecular weight excluding hydrogens is 333 g/mol. The van der Waals surface area contributed by atoms with E-state index in [1.165, 1.54) is 31.3 Å². The van der Waals surface area contributed by atoms with Gasteiger partial charge in [-0.2, -0.15) is 0 Å². The lowest BCUT2D eigenvalue weighted by molar-refractivity contribution is -0.391. The lowest BCUT2D eigenvalue weighted by atomic mass is 10.3. The third-order valence-corrected chi connectivity index (χ3v) is 3.19. The topological polar surface area (TPSA) is 77.2 Å². The van der Waals surface area contributed by atoms with Gasteiger partial charge in [-0.25, -0.2) is 8.96 Å². The Balaban J connectivity index is 2.26. The second-order valence-corrected chi connectivity index (χ2v) is 4.89. The Morgan fingerprint density at radius 1 is 1.40 bits per heavy atom. The van der Waals surface area contributed by atoms with Crippen LogP contribution in [0.5, 0.6) is 0 Å². The van der Waals surface area contributed by atoms with Gasteiger partial charge in [0.25, 0.3) is 5.91 Å². The van der Waals surface area contributed by atoms with Gasteiger partial charge in [-0.15, -0.1) is 0 Å². The van der Waals surface area contributed by atoms with E-state index in [1.54, 1.807) is 6.07 Å². The average molecular weight is 342 g/mol. The maximum Gasteiger partial charge on any atom is 0.323 e. The molecule has 0 saturated heterocycles. The van der Waals surface area contributed by atoms with Crippen LogP contribution in [0.4, 0.5) is 15.9 Å². The van der Waals surface area contributed by atoms with E-state index in [1.807, 2.05) is 0 Å². The molecule has 0 aliphatic rings. The van der Waals surface area contributed by atoms with Gasteiger partial charge in [-0.1, -0.05) is 15.9 Å². The van der Waals surface area contributed by atoms with Crippen molar-refractivity contribution in [3.05, 3.63) is 56.4 Å². The van der Waals surface area contributed by atoms with Crippen molar-refractivity contribution in [2.24, 2.45) is 7.05 Å². The quantitative estimate of drug-likeness (QED) is 0.688. The summed E-state index contributed by atoms with van der Waals surface area (Å²) in [5.74, 6) is -1.44. The molecule has 0 saturated carbocycles. The SMILES string of the molecule is Cn1c(C(=O)Nc2ccc(Br)cc2F)ccc1[N+](=O)[O-]. The Hall–Kier alpha value is -2.22. The van der Waals surface area contributed by atoms with Crippen molar-refractivity contribution >= 4 is 33.3 Å². The van der Waals surface area contributed by atoms with Crippen LogP contribution in [0, 0.1) is 15.9 Å². The third-order valence-electron chi connectivity index (χ3n) is 2.69. The number of hydrogen-bond donors (Lipinski definition) is 1. The molecule has 1 aromatic heterocycles. The number of halogens is 2. The molecule has 1 aromatic carbocycles. The Labute approximate surface area is 121 Å². The van der Waals surface area contributed by atoms with Crippen molar-refractivity contribution in [1.82, 2.24) is 4.57 Å². The van der Waals surface area contributed by atoms with Crippen LogP contribution in [0.25, 0.3) is 0 Å². The molecule has 2 aromatic rings. The molecule has 104 valence electrons. The molecule has 0 spiro atoms. The number of benzene rings is 1. The summed E-state index contributed by atoms with van der Waals surface area (Å²) in [6.07, 6.45) is 0. The van der Waals surface area contributed by atoms with Crippen LogP contribution in [-0.2, 0) is 7.05 Å². The van der Waals surface area contributed by atoms with E-state index in [-0.39, 0.29) is 17.2 Å². The molecule has 1 heterocycles. The molecule has 8 heteroatoms. The lowest BCUT2D eigenvalue weighted by Gasteiger charge is -2.05.